The molecule has 1 amide bonds. The first-order chi connectivity index (χ1) is 12.6. The van der Waals surface area contributed by atoms with Crippen molar-refractivity contribution in [3.05, 3.63) is 35.4 Å². The SMILES string of the molecule is CCCC(O)(C#Cc1cccc([C@@H](O)CCNC(=O)C(F)(F)F)c1)CCC. The van der Waals surface area contributed by atoms with Crippen molar-refractivity contribution in [3.63, 3.8) is 0 Å². The maximum Gasteiger partial charge on any atom is 0.471 e. The number of amides is 1. The molecule has 1 atom stereocenters. The minimum Gasteiger partial charge on any atom is -0.388 e. The first kappa shape index (κ1) is 23.0. The Hall–Kier alpha value is -2.04. The van der Waals surface area contributed by atoms with Gasteiger partial charge in [-0.05, 0) is 37.0 Å². The highest BCUT2D eigenvalue weighted by molar-refractivity contribution is 5.81. The summed E-state index contributed by atoms with van der Waals surface area (Å²) in [5.41, 5.74) is 0.0223. The van der Waals surface area contributed by atoms with Crippen LogP contribution in [0.2, 0.25) is 0 Å². The molecule has 0 unspecified atom stereocenters. The second-order valence-corrected chi connectivity index (χ2v) is 6.47. The Labute approximate surface area is 157 Å². The lowest BCUT2D eigenvalue weighted by atomic mass is 9.93. The molecule has 0 bridgehead atoms. The van der Waals surface area contributed by atoms with Gasteiger partial charge in [0.1, 0.15) is 5.60 Å². The second-order valence-electron chi connectivity index (χ2n) is 6.47. The maximum absolute atomic E-state index is 12.1. The summed E-state index contributed by atoms with van der Waals surface area (Å²) in [6.45, 7) is 3.63. The summed E-state index contributed by atoms with van der Waals surface area (Å²) in [6, 6.07) is 6.66. The summed E-state index contributed by atoms with van der Waals surface area (Å²) in [6.07, 6.45) is -3.31. The van der Waals surface area contributed by atoms with Crippen LogP contribution in [0.1, 0.15) is 63.2 Å². The number of carbonyl (C=O) groups excluding carboxylic acids is 1. The Kier molecular flexibility index (Phi) is 8.80. The van der Waals surface area contributed by atoms with Crippen LogP contribution < -0.4 is 5.32 Å². The van der Waals surface area contributed by atoms with Gasteiger partial charge < -0.3 is 15.5 Å². The molecule has 150 valence electrons. The van der Waals surface area contributed by atoms with Crippen LogP contribution in [-0.4, -0.2) is 34.4 Å². The van der Waals surface area contributed by atoms with Gasteiger partial charge in [-0.15, -0.1) is 0 Å². The molecule has 1 rings (SSSR count). The van der Waals surface area contributed by atoms with Crippen molar-refractivity contribution in [2.75, 3.05) is 6.54 Å². The third kappa shape index (κ3) is 8.02. The highest BCUT2D eigenvalue weighted by Crippen LogP contribution is 2.20. The molecule has 0 saturated heterocycles. The fourth-order valence-electron chi connectivity index (χ4n) is 2.68. The van der Waals surface area contributed by atoms with Crippen molar-refractivity contribution in [3.8, 4) is 11.8 Å². The summed E-state index contributed by atoms with van der Waals surface area (Å²) < 4.78 is 36.4. The summed E-state index contributed by atoms with van der Waals surface area (Å²) >= 11 is 0. The van der Waals surface area contributed by atoms with Crippen LogP contribution >= 0.6 is 0 Å². The molecular weight excluding hydrogens is 359 g/mol. The smallest absolute Gasteiger partial charge is 0.388 e. The van der Waals surface area contributed by atoms with Gasteiger partial charge in [0.25, 0.3) is 0 Å². The molecule has 1 aromatic carbocycles. The number of hydrogen-bond acceptors (Lipinski definition) is 3. The Morgan fingerprint density at radius 1 is 1.22 bits per heavy atom. The number of carbonyl (C=O) groups is 1. The first-order valence-corrected chi connectivity index (χ1v) is 9.00. The third-order valence-corrected chi connectivity index (χ3v) is 4.00. The normalized spacial score (nSPS) is 12.9. The highest BCUT2D eigenvalue weighted by atomic mass is 19.4. The van der Waals surface area contributed by atoms with E-state index in [9.17, 15) is 28.2 Å². The Bertz CT molecular complexity index is 671. The first-order valence-electron chi connectivity index (χ1n) is 9.00. The van der Waals surface area contributed by atoms with Crippen LogP contribution in [0.5, 0.6) is 0 Å². The van der Waals surface area contributed by atoms with E-state index in [0.717, 1.165) is 12.8 Å². The zero-order valence-corrected chi connectivity index (χ0v) is 15.6. The van der Waals surface area contributed by atoms with Crippen LogP contribution in [0.15, 0.2) is 24.3 Å². The molecule has 7 heteroatoms. The Morgan fingerprint density at radius 2 is 1.85 bits per heavy atom. The average molecular weight is 385 g/mol. The Morgan fingerprint density at radius 3 is 2.41 bits per heavy atom. The number of alkyl halides is 3. The third-order valence-electron chi connectivity index (χ3n) is 4.00. The van der Waals surface area contributed by atoms with E-state index in [1.54, 1.807) is 29.6 Å². The number of benzene rings is 1. The second kappa shape index (κ2) is 10.3. The molecule has 0 aliphatic heterocycles. The van der Waals surface area contributed by atoms with E-state index in [4.69, 9.17) is 0 Å². The molecule has 0 saturated carbocycles. The molecule has 0 aromatic heterocycles. The molecule has 1 aromatic rings. The molecule has 0 radical (unpaired) electrons. The van der Waals surface area contributed by atoms with Crippen LogP contribution in [0.3, 0.4) is 0 Å². The molecule has 0 heterocycles. The lowest BCUT2D eigenvalue weighted by Gasteiger charge is -2.20. The van der Waals surface area contributed by atoms with Gasteiger partial charge >= 0.3 is 12.1 Å². The van der Waals surface area contributed by atoms with Crippen LogP contribution in [0.4, 0.5) is 13.2 Å². The van der Waals surface area contributed by atoms with Gasteiger partial charge in [-0.3, -0.25) is 4.79 Å². The van der Waals surface area contributed by atoms with Gasteiger partial charge in [-0.25, -0.2) is 0 Å². The number of nitrogens with one attached hydrogen (secondary N) is 1. The van der Waals surface area contributed by atoms with E-state index < -0.39 is 23.8 Å². The zero-order valence-electron chi connectivity index (χ0n) is 15.6. The van der Waals surface area contributed by atoms with Gasteiger partial charge in [-0.1, -0.05) is 50.7 Å². The minimum absolute atomic E-state index is 0.0612. The number of aliphatic hydroxyl groups excluding tert-OH is 1. The Balaban J connectivity index is 2.76. The van der Waals surface area contributed by atoms with Crippen LogP contribution in [-0.2, 0) is 4.79 Å². The van der Waals surface area contributed by atoms with Gasteiger partial charge in [0.15, 0.2) is 0 Å². The molecule has 4 nitrogen and oxygen atoms in total. The summed E-state index contributed by atoms with van der Waals surface area (Å²) in [5.74, 6) is 3.78. The lowest BCUT2D eigenvalue weighted by Crippen LogP contribution is -2.37. The number of hydrogen-bond donors (Lipinski definition) is 3. The van der Waals surface area contributed by atoms with Crippen molar-refractivity contribution >= 4 is 5.91 Å². The summed E-state index contributed by atoms with van der Waals surface area (Å²) in [7, 11) is 0. The number of aliphatic hydroxyl groups is 2. The average Bonchev–Trinajstić information content (AvgIpc) is 2.60. The van der Waals surface area contributed by atoms with Crippen LogP contribution in [0.25, 0.3) is 0 Å². The van der Waals surface area contributed by atoms with Crippen LogP contribution in [0, 0.1) is 11.8 Å². The molecule has 0 aliphatic carbocycles. The summed E-state index contributed by atoms with van der Waals surface area (Å²) in [4.78, 5) is 10.8. The van der Waals surface area contributed by atoms with E-state index in [-0.39, 0.29) is 13.0 Å². The number of rotatable bonds is 8. The maximum atomic E-state index is 12.1. The lowest BCUT2D eigenvalue weighted by molar-refractivity contribution is -0.173. The van der Waals surface area contributed by atoms with E-state index >= 15 is 0 Å². The molecule has 3 N–H and O–H groups in total. The topological polar surface area (TPSA) is 69.6 Å². The van der Waals surface area contributed by atoms with E-state index in [0.29, 0.717) is 24.0 Å². The van der Waals surface area contributed by atoms with Crippen molar-refractivity contribution in [1.29, 1.82) is 0 Å². The van der Waals surface area contributed by atoms with Crippen molar-refractivity contribution in [2.24, 2.45) is 0 Å². The predicted octanol–water partition coefficient (Wildman–Crippen LogP) is 3.47. The quantitative estimate of drug-likeness (QED) is 0.600. The predicted molar refractivity (Wildman–Crippen MR) is 96.7 cm³/mol. The summed E-state index contributed by atoms with van der Waals surface area (Å²) in [5, 5.41) is 22.4. The zero-order chi connectivity index (χ0) is 20.5. The van der Waals surface area contributed by atoms with Crippen molar-refractivity contribution in [1.82, 2.24) is 5.32 Å². The van der Waals surface area contributed by atoms with Gasteiger partial charge in [-0.2, -0.15) is 13.2 Å². The van der Waals surface area contributed by atoms with Gasteiger partial charge in [0.05, 0.1) is 6.10 Å². The fourth-order valence-corrected chi connectivity index (χ4v) is 2.68. The largest absolute Gasteiger partial charge is 0.471 e. The highest BCUT2D eigenvalue weighted by Gasteiger charge is 2.38. The monoisotopic (exact) mass is 385 g/mol. The van der Waals surface area contributed by atoms with E-state index in [1.807, 2.05) is 13.8 Å². The van der Waals surface area contributed by atoms with E-state index in [2.05, 4.69) is 11.8 Å². The standard InChI is InChI=1S/C20H26F3NO3/c1-3-10-19(27,11-4-2)12-8-15-6-5-7-16(14-15)17(25)9-13-24-18(26)20(21,22)23/h5-7,14,17,25,27H,3-4,9-11,13H2,1-2H3,(H,24,26)/t17-/m0/s1. The molecular formula is C20H26F3NO3. The molecule has 0 aliphatic rings. The van der Waals surface area contributed by atoms with Crippen molar-refractivity contribution in [2.45, 2.75) is 63.8 Å². The minimum atomic E-state index is -4.94. The van der Waals surface area contributed by atoms with Crippen molar-refractivity contribution < 1.29 is 28.2 Å². The molecule has 0 spiro atoms. The van der Waals surface area contributed by atoms with E-state index in [1.165, 1.54) is 0 Å². The molecule has 27 heavy (non-hydrogen) atoms. The van der Waals surface area contributed by atoms with Gasteiger partial charge in [0, 0.05) is 12.1 Å². The molecule has 0 fully saturated rings. The fraction of sp³-hybridized carbons (Fsp3) is 0.550. The van der Waals surface area contributed by atoms with Gasteiger partial charge in [0.2, 0.25) is 0 Å². The number of halogens is 3.